The second-order valence-electron chi connectivity index (χ2n) is 13.5. The van der Waals surface area contributed by atoms with Gasteiger partial charge in [0.25, 0.3) is 0 Å². The first kappa shape index (κ1) is 36.0. The molecule has 0 saturated heterocycles. The molecule has 6 aromatic rings. The molecule has 0 aliphatic heterocycles. The molecule has 0 radical (unpaired) electrons. The highest BCUT2D eigenvalue weighted by Gasteiger charge is 2.48. The molecule has 1 fully saturated rings. The summed E-state index contributed by atoms with van der Waals surface area (Å²) in [5.41, 5.74) is 2.21. The zero-order chi connectivity index (χ0) is 36.2. The number of phenolic OH excluding ortho intramolecular Hbond substituents is 1. The summed E-state index contributed by atoms with van der Waals surface area (Å²) in [6.07, 6.45) is 5.46. The number of pyridine rings is 1. The van der Waals surface area contributed by atoms with E-state index in [2.05, 4.69) is 50.0 Å². The van der Waals surface area contributed by atoms with Gasteiger partial charge in [-0.1, -0.05) is 24.3 Å². The van der Waals surface area contributed by atoms with E-state index in [4.69, 9.17) is 4.74 Å². The number of carboxylic acids is 1. The monoisotopic (exact) mass is 741 g/mol. The van der Waals surface area contributed by atoms with Crippen molar-refractivity contribution in [1.82, 2.24) is 24.8 Å². The summed E-state index contributed by atoms with van der Waals surface area (Å²) in [7, 11) is 2.18. The van der Waals surface area contributed by atoms with Crippen molar-refractivity contribution in [2.75, 3.05) is 20.1 Å². The maximum Gasteiger partial charge on any atom is 0.347 e. The standard InChI is InChI=1S/C39H43N5O6S2/c1-43(26-8-10-27(11-9-26)50-39(38(48)49,34-5-2-19-51-34)35-6-3-20-52-35)17-4-18-44-24-41-30-21-25(7-14-31(30)44)22-40-23-33(46)28-12-15-32(45)37-29(28)13-16-36(47)42-37/h2-3,5-7,12-16,19-21,24,26-27,33,40,45-46H,4,8-11,17-18,22-23H2,1H3,(H,42,47)(H,48,49)/t26?,27?,33-/m0/s1. The minimum absolute atomic E-state index is 0.0350. The second-order valence-corrected chi connectivity index (χ2v) is 15.4. The lowest BCUT2D eigenvalue weighted by atomic mass is 9.90. The Bertz CT molecular complexity index is 2140. The molecule has 0 bridgehead atoms. The van der Waals surface area contributed by atoms with Gasteiger partial charge in [-0.2, -0.15) is 0 Å². The van der Waals surface area contributed by atoms with Gasteiger partial charge in [0.05, 0.1) is 44.8 Å². The maximum absolute atomic E-state index is 12.8. The van der Waals surface area contributed by atoms with Crippen LogP contribution in [-0.4, -0.2) is 73.0 Å². The Labute approximate surface area is 309 Å². The molecular formula is C39H43N5O6S2. The number of aliphatic carboxylic acids is 1. The largest absolute Gasteiger partial charge is 0.506 e. The van der Waals surface area contributed by atoms with Gasteiger partial charge in [-0.25, -0.2) is 9.78 Å². The van der Waals surface area contributed by atoms with Gasteiger partial charge in [0.15, 0.2) is 0 Å². The number of imidazole rings is 1. The van der Waals surface area contributed by atoms with Gasteiger partial charge in [-0.3, -0.25) is 4.79 Å². The van der Waals surface area contributed by atoms with Crippen LogP contribution in [0.15, 0.2) is 88.6 Å². The van der Waals surface area contributed by atoms with Crippen molar-refractivity contribution < 1.29 is 24.9 Å². The molecule has 4 aromatic heterocycles. The molecule has 0 unspecified atom stereocenters. The highest BCUT2D eigenvalue weighted by atomic mass is 32.1. The number of carboxylic acid groups (broad SMARTS) is 1. The summed E-state index contributed by atoms with van der Waals surface area (Å²) >= 11 is 2.85. The first-order chi connectivity index (χ1) is 25.2. The predicted octanol–water partition coefficient (Wildman–Crippen LogP) is 6.21. The number of aliphatic hydroxyl groups excluding tert-OH is 1. The number of aromatic amines is 1. The topological polar surface area (TPSA) is 153 Å². The fourth-order valence-electron chi connectivity index (χ4n) is 7.39. The Hall–Kier alpha value is -4.37. The Kier molecular flexibility index (Phi) is 10.9. The number of aromatic nitrogens is 3. The van der Waals surface area contributed by atoms with Crippen molar-refractivity contribution >= 4 is 50.6 Å². The van der Waals surface area contributed by atoms with Gasteiger partial charge in [0, 0.05) is 37.1 Å². The number of nitrogens with one attached hydrogen (secondary N) is 2. The van der Waals surface area contributed by atoms with Crippen molar-refractivity contribution in [3.63, 3.8) is 0 Å². The normalized spacial score (nSPS) is 17.3. The van der Waals surface area contributed by atoms with Crippen LogP contribution in [0.2, 0.25) is 0 Å². The van der Waals surface area contributed by atoms with E-state index in [9.17, 15) is 24.9 Å². The van der Waals surface area contributed by atoms with E-state index in [1.54, 1.807) is 12.1 Å². The van der Waals surface area contributed by atoms with Gasteiger partial charge < -0.3 is 39.8 Å². The molecule has 7 rings (SSSR count). The van der Waals surface area contributed by atoms with Gasteiger partial charge in [-0.05, 0) is 104 Å². The molecule has 1 atom stereocenters. The summed E-state index contributed by atoms with van der Waals surface area (Å²) in [5, 5.41) is 39.2. The summed E-state index contributed by atoms with van der Waals surface area (Å²) in [6.45, 7) is 2.62. The molecule has 0 amide bonds. The van der Waals surface area contributed by atoms with Crippen LogP contribution >= 0.6 is 22.7 Å². The van der Waals surface area contributed by atoms with E-state index >= 15 is 0 Å². The molecule has 4 heterocycles. The number of fused-ring (bicyclic) bond motifs is 2. The summed E-state index contributed by atoms with van der Waals surface area (Å²) in [5.74, 6) is -0.999. The number of benzene rings is 2. The third-order valence-electron chi connectivity index (χ3n) is 10.2. The number of aliphatic hydroxyl groups is 1. The van der Waals surface area contributed by atoms with Crippen LogP contribution in [0.4, 0.5) is 0 Å². The molecule has 13 heteroatoms. The van der Waals surface area contributed by atoms with Crippen LogP contribution in [0.3, 0.4) is 0 Å². The lowest BCUT2D eigenvalue weighted by Gasteiger charge is -2.38. The van der Waals surface area contributed by atoms with E-state index in [-0.39, 0.29) is 17.4 Å². The Morgan fingerprint density at radius 3 is 2.52 bits per heavy atom. The number of hydrogen-bond donors (Lipinski definition) is 5. The molecular weight excluding hydrogens is 699 g/mol. The molecule has 1 saturated carbocycles. The fraction of sp³-hybridized carbons (Fsp3) is 0.359. The van der Waals surface area contributed by atoms with Crippen molar-refractivity contribution in [2.45, 2.75) is 69.0 Å². The van der Waals surface area contributed by atoms with Crippen LogP contribution in [-0.2, 0) is 28.2 Å². The minimum Gasteiger partial charge on any atom is -0.506 e. The summed E-state index contributed by atoms with van der Waals surface area (Å²) < 4.78 is 8.76. The van der Waals surface area contributed by atoms with Crippen LogP contribution in [0.5, 0.6) is 5.75 Å². The van der Waals surface area contributed by atoms with E-state index in [0.717, 1.165) is 61.8 Å². The summed E-state index contributed by atoms with van der Waals surface area (Å²) in [4.78, 5) is 35.6. The van der Waals surface area contributed by atoms with Gasteiger partial charge >= 0.3 is 5.97 Å². The van der Waals surface area contributed by atoms with Crippen LogP contribution in [0, 0.1) is 0 Å². The molecule has 1 aliphatic carbocycles. The van der Waals surface area contributed by atoms with E-state index in [1.807, 2.05) is 41.4 Å². The SMILES string of the molecule is CN(CCCn1cnc2cc(CNC[C@H](O)c3ccc(O)c4[nH]c(=O)ccc34)ccc21)C1CCC(OC(C(=O)O)(c2cccs2)c2cccs2)CC1. The molecule has 0 spiro atoms. The number of thiophene rings is 2. The zero-order valence-corrected chi connectivity index (χ0v) is 30.5. The predicted molar refractivity (Wildman–Crippen MR) is 204 cm³/mol. The first-order valence-corrected chi connectivity index (χ1v) is 19.4. The van der Waals surface area contributed by atoms with Crippen molar-refractivity contribution in [3.8, 4) is 5.75 Å². The molecule has 11 nitrogen and oxygen atoms in total. The van der Waals surface area contributed by atoms with Crippen molar-refractivity contribution in [1.29, 1.82) is 0 Å². The second kappa shape index (κ2) is 15.7. The average Bonchev–Trinajstić information content (AvgIpc) is 3.95. The Morgan fingerprint density at radius 1 is 1.08 bits per heavy atom. The number of H-pyrrole nitrogens is 1. The van der Waals surface area contributed by atoms with Crippen molar-refractivity contribution in [3.05, 3.63) is 115 Å². The highest BCUT2D eigenvalue weighted by molar-refractivity contribution is 7.12. The number of carbonyl (C=O) groups is 1. The minimum atomic E-state index is -1.46. The lowest BCUT2D eigenvalue weighted by Crippen LogP contribution is -2.44. The highest BCUT2D eigenvalue weighted by Crippen LogP contribution is 2.42. The number of aromatic hydroxyl groups is 1. The van der Waals surface area contributed by atoms with Gasteiger partial charge in [-0.15, -0.1) is 22.7 Å². The lowest BCUT2D eigenvalue weighted by molar-refractivity contribution is -0.170. The Balaban J connectivity index is 0.884. The zero-order valence-electron chi connectivity index (χ0n) is 28.9. The van der Waals surface area contributed by atoms with E-state index in [0.29, 0.717) is 45.4 Å². The van der Waals surface area contributed by atoms with Crippen molar-refractivity contribution in [2.24, 2.45) is 0 Å². The van der Waals surface area contributed by atoms with Crippen LogP contribution in [0.25, 0.3) is 21.9 Å². The number of hydrogen-bond acceptors (Lipinski definition) is 10. The van der Waals surface area contributed by atoms with E-state index < -0.39 is 17.7 Å². The third kappa shape index (κ3) is 7.43. The van der Waals surface area contributed by atoms with Crippen LogP contribution < -0.4 is 10.9 Å². The number of nitrogens with zero attached hydrogens (tertiary/aromatic N) is 3. The fourth-order valence-corrected chi connectivity index (χ4v) is 9.20. The van der Waals surface area contributed by atoms with Gasteiger partial charge in [0.2, 0.25) is 11.2 Å². The quantitative estimate of drug-likeness (QED) is 0.0828. The first-order valence-electron chi connectivity index (χ1n) is 17.6. The number of phenols is 1. The van der Waals surface area contributed by atoms with Gasteiger partial charge in [0.1, 0.15) is 5.75 Å². The molecule has 2 aromatic carbocycles. The molecule has 1 aliphatic rings. The van der Waals surface area contributed by atoms with Crippen LogP contribution in [0.1, 0.15) is 59.1 Å². The molecule has 52 heavy (non-hydrogen) atoms. The number of aryl methyl sites for hydroxylation is 1. The average molecular weight is 742 g/mol. The van der Waals surface area contributed by atoms with E-state index in [1.165, 1.54) is 34.8 Å². The summed E-state index contributed by atoms with van der Waals surface area (Å²) in [6, 6.07) is 20.3. The molecule has 272 valence electrons. The Morgan fingerprint density at radius 2 is 1.83 bits per heavy atom. The maximum atomic E-state index is 12.8. The number of rotatable bonds is 15. The number of ether oxygens (including phenoxy) is 1. The smallest absolute Gasteiger partial charge is 0.347 e. The third-order valence-corrected chi connectivity index (χ3v) is 12.1. The molecule has 5 N–H and O–H groups in total.